The summed E-state index contributed by atoms with van der Waals surface area (Å²) in [5, 5.41) is 9.45. The first-order valence-corrected chi connectivity index (χ1v) is 7.65. The van der Waals surface area contributed by atoms with E-state index in [1.54, 1.807) is 0 Å². The highest BCUT2D eigenvalue weighted by molar-refractivity contribution is 7.98. The molecule has 0 amide bonds. The zero-order valence-electron chi connectivity index (χ0n) is 11.4. The van der Waals surface area contributed by atoms with Crippen LogP contribution in [0.4, 0.5) is 5.82 Å². The third kappa shape index (κ3) is 3.07. The van der Waals surface area contributed by atoms with E-state index in [0.717, 1.165) is 41.4 Å². The van der Waals surface area contributed by atoms with Gasteiger partial charge in [0, 0.05) is 6.54 Å². The molecule has 0 radical (unpaired) electrons. The Kier molecular flexibility index (Phi) is 4.79. The van der Waals surface area contributed by atoms with Crippen molar-refractivity contribution in [2.75, 3.05) is 18.1 Å². The Bertz CT molecular complexity index is 563. The van der Waals surface area contributed by atoms with E-state index in [-0.39, 0.29) is 0 Å². The van der Waals surface area contributed by atoms with Crippen LogP contribution in [0.25, 0.3) is 11.0 Å². The monoisotopic (exact) mass is 277 g/mol. The summed E-state index contributed by atoms with van der Waals surface area (Å²) in [6, 6.07) is 0. The van der Waals surface area contributed by atoms with Gasteiger partial charge in [-0.15, -0.1) is 6.58 Å². The van der Waals surface area contributed by atoms with E-state index in [1.165, 1.54) is 11.8 Å². The number of anilines is 1. The Morgan fingerprint density at radius 2 is 2.32 bits per heavy atom. The maximum Gasteiger partial charge on any atom is 0.191 e. The molecule has 1 N–H and O–H groups in total. The molecule has 0 spiro atoms. The summed E-state index contributed by atoms with van der Waals surface area (Å²) < 4.78 is 1.84. The van der Waals surface area contributed by atoms with Gasteiger partial charge in [-0.3, -0.25) is 0 Å². The third-order valence-corrected chi connectivity index (χ3v) is 3.33. The summed E-state index contributed by atoms with van der Waals surface area (Å²) in [4.78, 5) is 9.05. The number of aromatic nitrogens is 4. The number of allylic oxidation sites excluding steroid dienone is 1. The number of nitrogens with one attached hydrogen (secondary N) is 1. The van der Waals surface area contributed by atoms with Gasteiger partial charge in [0.25, 0.3) is 0 Å². The summed E-state index contributed by atoms with van der Waals surface area (Å²) in [7, 11) is 0. The fourth-order valence-corrected chi connectivity index (χ4v) is 2.16. The highest BCUT2D eigenvalue weighted by Crippen LogP contribution is 2.23. The molecule has 0 aliphatic carbocycles. The van der Waals surface area contributed by atoms with E-state index in [2.05, 4.69) is 33.9 Å². The zero-order chi connectivity index (χ0) is 13.7. The van der Waals surface area contributed by atoms with E-state index in [4.69, 9.17) is 0 Å². The van der Waals surface area contributed by atoms with Crippen molar-refractivity contribution in [1.82, 2.24) is 19.7 Å². The summed E-state index contributed by atoms with van der Waals surface area (Å²) in [6.45, 7) is 7.49. The van der Waals surface area contributed by atoms with Crippen molar-refractivity contribution in [1.29, 1.82) is 0 Å². The fraction of sp³-hybridized carbons (Fsp3) is 0.462. The average Bonchev–Trinajstić information content (AvgIpc) is 2.83. The molecule has 19 heavy (non-hydrogen) atoms. The Morgan fingerprint density at radius 1 is 1.47 bits per heavy atom. The quantitative estimate of drug-likeness (QED) is 0.365. The van der Waals surface area contributed by atoms with Crippen LogP contribution in [0.3, 0.4) is 0 Å². The van der Waals surface area contributed by atoms with Gasteiger partial charge in [-0.2, -0.15) is 5.10 Å². The molecule has 0 saturated heterocycles. The number of thioether (sulfide) groups is 1. The Morgan fingerprint density at radius 3 is 3.00 bits per heavy atom. The van der Waals surface area contributed by atoms with Gasteiger partial charge in [0.05, 0.1) is 18.1 Å². The minimum atomic E-state index is 0.655. The molecule has 2 aromatic heterocycles. The molecule has 2 rings (SSSR count). The van der Waals surface area contributed by atoms with Gasteiger partial charge in [0.2, 0.25) is 0 Å². The SMILES string of the molecule is C=CCn1ncc2c(NCCCC)nc(SC)nc21. The lowest BCUT2D eigenvalue weighted by molar-refractivity contribution is 0.715. The van der Waals surface area contributed by atoms with Gasteiger partial charge < -0.3 is 5.32 Å². The lowest BCUT2D eigenvalue weighted by Crippen LogP contribution is -2.06. The molecule has 6 heteroatoms. The number of fused-ring (bicyclic) bond motifs is 1. The van der Waals surface area contributed by atoms with Crippen LogP contribution in [0, 0.1) is 0 Å². The maximum absolute atomic E-state index is 4.53. The van der Waals surface area contributed by atoms with E-state index < -0.39 is 0 Å². The molecule has 102 valence electrons. The van der Waals surface area contributed by atoms with Gasteiger partial charge in [0.1, 0.15) is 5.82 Å². The predicted octanol–water partition coefficient (Wildman–Crippen LogP) is 2.95. The largest absolute Gasteiger partial charge is 0.369 e. The first-order chi connectivity index (χ1) is 9.30. The van der Waals surface area contributed by atoms with Crippen LogP contribution >= 0.6 is 11.8 Å². The highest BCUT2D eigenvalue weighted by atomic mass is 32.2. The molecule has 0 saturated carbocycles. The zero-order valence-corrected chi connectivity index (χ0v) is 12.2. The van der Waals surface area contributed by atoms with E-state index in [0.29, 0.717) is 6.54 Å². The normalized spacial score (nSPS) is 10.8. The summed E-state index contributed by atoms with van der Waals surface area (Å²) in [5.74, 6) is 0.873. The lowest BCUT2D eigenvalue weighted by Gasteiger charge is -2.07. The van der Waals surface area contributed by atoms with Crippen LogP contribution in [-0.4, -0.2) is 32.5 Å². The molecule has 2 heterocycles. The third-order valence-electron chi connectivity index (χ3n) is 2.78. The Hall–Kier alpha value is -1.56. The number of hydrogen-bond acceptors (Lipinski definition) is 5. The highest BCUT2D eigenvalue weighted by Gasteiger charge is 2.11. The van der Waals surface area contributed by atoms with E-state index >= 15 is 0 Å². The molecule has 5 nitrogen and oxygen atoms in total. The van der Waals surface area contributed by atoms with Crippen molar-refractivity contribution in [3.05, 3.63) is 18.9 Å². The molecule has 0 unspecified atom stereocenters. The second-order valence-corrected chi connectivity index (χ2v) is 4.97. The van der Waals surface area contributed by atoms with Gasteiger partial charge in [-0.1, -0.05) is 31.2 Å². The van der Waals surface area contributed by atoms with Crippen molar-refractivity contribution < 1.29 is 0 Å². The molecule has 0 fully saturated rings. The second-order valence-electron chi connectivity index (χ2n) is 4.19. The fourth-order valence-electron chi connectivity index (χ4n) is 1.80. The van der Waals surface area contributed by atoms with E-state index in [1.807, 2.05) is 23.2 Å². The van der Waals surface area contributed by atoms with Gasteiger partial charge in [0.15, 0.2) is 10.8 Å². The van der Waals surface area contributed by atoms with Crippen molar-refractivity contribution in [3.63, 3.8) is 0 Å². The number of rotatable bonds is 7. The molecule has 2 aromatic rings. The predicted molar refractivity (Wildman–Crippen MR) is 80.7 cm³/mol. The Balaban J connectivity index is 2.40. The van der Waals surface area contributed by atoms with Crippen LogP contribution in [0.15, 0.2) is 24.0 Å². The van der Waals surface area contributed by atoms with Gasteiger partial charge >= 0.3 is 0 Å². The number of hydrogen-bond donors (Lipinski definition) is 1. The maximum atomic E-state index is 4.53. The van der Waals surface area contributed by atoms with Gasteiger partial charge in [-0.25, -0.2) is 14.6 Å². The minimum Gasteiger partial charge on any atom is -0.369 e. The van der Waals surface area contributed by atoms with Crippen molar-refractivity contribution >= 4 is 28.6 Å². The molecule has 0 aliphatic heterocycles. The summed E-state index contributed by atoms with van der Waals surface area (Å²) in [5.41, 5.74) is 0.859. The minimum absolute atomic E-state index is 0.655. The van der Waals surface area contributed by atoms with Crippen molar-refractivity contribution in [3.8, 4) is 0 Å². The first-order valence-electron chi connectivity index (χ1n) is 6.42. The number of unbranched alkanes of at least 4 members (excludes halogenated alkanes) is 1. The summed E-state index contributed by atoms with van der Waals surface area (Å²) in [6.07, 6.45) is 7.90. The Labute approximate surface area is 117 Å². The smallest absolute Gasteiger partial charge is 0.191 e. The van der Waals surface area contributed by atoms with Crippen LogP contribution < -0.4 is 5.32 Å². The van der Waals surface area contributed by atoms with Crippen molar-refractivity contribution in [2.45, 2.75) is 31.5 Å². The van der Waals surface area contributed by atoms with E-state index in [9.17, 15) is 0 Å². The standard InChI is InChI=1S/C13H19N5S/c1-4-6-7-14-11-10-9-15-18(8-5-2)12(10)17-13(16-11)19-3/h5,9H,2,4,6-8H2,1,3H3,(H,14,16,17). The molecule has 0 atom stereocenters. The summed E-state index contributed by atoms with van der Waals surface area (Å²) >= 11 is 1.54. The molecule has 0 bridgehead atoms. The van der Waals surface area contributed by atoms with Crippen LogP contribution in [0.5, 0.6) is 0 Å². The molecule has 0 aliphatic rings. The first kappa shape index (κ1) is 13.9. The topological polar surface area (TPSA) is 55.6 Å². The number of nitrogens with zero attached hydrogens (tertiary/aromatic N) is 4. The second kappa shape index (κ2) is 6.56. The van der Waals surface area contributed by atoms with Crippen LogP contribution in [0.2, 0.25) is 0 Å². The molecule has 0 aromatic carbocycles. The molecular weight excluding hydrogens is 258 g/mol. The lowest BCUT2D eigenvalue weighted by atomic mass is 10.3. The average molecular weight is 277 g/mol. The van der Waals surface area contributed by atoms with Crippen LogP contribution in [-0.2, 0) is 6.54 Å². The van der Waals surface area contributed by atoms with Crippen LogP contribution in [0.1, 0.15) is 19.8 Å². The molecular formula is C13H19N5S. The van der Waals surface area contributed by atoms with Crippen molar-refractivity contribution in [2.24, 2.45) is 0 Å². The van der Waals surface area contributed by atoms with Gasteiger partial charge in [-0.05, 0) is 12.7 Å².